The highest BCUT2D eigenvalue weighted by Gasteiger charge is 2.31. The van der Waals surface area contributed by atoms with Crippen LogP contribution in [0.3, 0.4) is 0 Å². The van der Waals surface area contributed by atoms with Gasteiger partial charge in [-0.05, 0) is 43.5 Å². The number of rotatable bonds is 21. The Bertz CT molecular complexity index is 663. The molecule has 1 aromatic rings. The van der Waals surface area contributed by atoms with Crippen LogP contribution in [0, 0.1) is 0 Å². The third-order valence-corrected chi connectivity index (χ3v) is 7.76. The van der Waals surface area contributed by atoms with Gasteiger partial charge in [-0.1, -0.05) is 128 Å². The number of unbranched alkanes of at least 4 members (excludes halogenated alkanes) is 14. The first-order valence-corrected chi connectivity index (χ1v) is 15.0. The minimum atomic E-state index is -0.349. The molecule has 0 aromatic heterocycles. The second-order valence-electron chi connectivity index (χ2n) is 9.89. The second kappa shape index (κ2) is 19.5. The second-order valence-corrected chi connectivity index (χ2v) is 11.2. The van der Waals surface area contributed by atoms with Gasteiger partial charge in [-0.2, -0.15) is 12.6 Å². The maximum absolute atomic E-state index is 12.5. The van der Waals surface area contributed by atoms with Crippen molar-refractivity contribution in [1.82, 2.24) is 0 Å². The molecule has 1 rings (SSSR count). The maximum atomic E-state index is 12.5. The van der Waals surface area contributed by atoms with Gasteiger partial charge in [0.05, 0.1) is 12.2 Å². The molecular formula is C30H51ClO2S. The first-order chi connectivity index (χ1) is 16.5. The summed E-state index contributed by atoms with van der Waals surface area (Å²) in [6.45, 7) is 6.66. The third-order valence-electron chi connectivity index (χ3n) is 6.84. The molecule has 0 fully saturated rings. The largest absolute Gasteiger partial charge is 0.462 e. The van der Waals surface area contributed by atoms with Crippen molar-refractivity contribution < 1.29 is 9.53 Å². The lowest BCUT2D eigenvalue weighted by atomic mass is 9.85. The van der Waals surface area contributed by atoms with Crippen LogP contribution in [0.4, 0.5) is 0 Å². The number of ether oxygens (including phenoxy) is 1. The number of hydrogen-bond donors (Lipinski definition) is 1. The van der Waals surface area contributed by atoms with Gasteiger partial charge in [-0.25, -0.2) is 4.79 Å². The van der Waals surface area contributed by atoms with E-state index in [4.69, 9.17) is 29.0 Å². The fourth-order valence-electron chi connectivity index (χ4n) is 4.89. The zero-order valence-corrected chi connectivity index (χ0v) is 24.0. The molecule has 0 spiro atoms. The van der Waals surface area contributed by atoms with Crippen LogP contribution in [-0.2, 0) is 9.48 Å². The van der Waals surface area contributed by atoms with Crippen LogP contribution < -0.4 is 0 Å². The van der Waals surface area contributed by atoms with Crippen molar-refractivity contribution in [2.75, 3.05) is 6.61 Å². The predicted octanol–water partition coefficient (Wildman–Crippen LogP) is 10.7. The number of carbonyl (C=O) groups is 1. The van der Waals surface area contributed by atoms with Crippen LogP contribution in [0.2, 0.25) is 5.02 Å². The SMILES string of the molecule is CCCCCCCCCCCCCCCCCC(S)(CCC)c1cc(Cl)ccc1C(=O)OCC. The standard InChI is InChI=1S/C30H51ClO2S/c1-4-7-8-9-10-11-12-13-14-15-16-17-18-19-20-24-30(34,23-5-2)28-25-26(31)21-22-27(28)29(32)33-6-3/h21-22,25,34H,4-20,23-24H2,1-3H3. The molecule has 0 aliphatic carbocycles. The zero-order chi connectivity index (χ0) is 25.1. The van der Waals surface area contributed by atoms with Crippen molar-refractivity contribution in [3.05, 3.63) is 34.3 Å². The summed E-state index contributed by atoms with van der Waals surface area (Å²) in [5.41, 5.74) is 1.53. The average molecular weight is 511 g/mol. The lowest BCUT2D eigenvalue weighted by molar-refractivity contribution is 0.0524. The Balaban J connectivity index is 2.32. The molecule has 0 heterocycles. The van der Waals surface area contributed by atoms with E-state index in [0.29, 0.717) is 17.2 Å². The van der Waals surface area contributed by atoms with E-state index in [1.54, 1.807) is 12.1 Å². The molecule has 0 amide bonds. The summed E-state index contributed by atoms with van der Waals surface area (Å²) in [4.78, 5) is 12.5. The number of thiol groups is 1. The van der Waals surface area contributed by atoms with Crippen LogP contribution in [0.5, 0.6) is 0 Å². The summed E-state index contributed by atoms with van der Waals surface area (Å²) in [6.07, 6.45) is 23.3. The number of benzene rings is 1. The Kier molecular flexibility index (Phi) is 18.0. The van der Waals surface area contributed by atoms with Crippen molar-refractivity contribution in [2.24, 2.45) is 0 Å². The lowest BCUT2D eigenvalue weighted by Crippen LogP contribution is -2.23. The van der Waals surface area contributed by atoms with Crippen molar-refractivity contribution >= 4 is 30.2 Å². The number of hydrogen-bond acceptors (Lipinski definition) is 3. The van der Waals surface area contributed by atoms with Crippen LogP contribution in [0.25, 0.3) is 0 Å². The van der Waals surface area contributed by atoms with Gasteiger partial charge in [0.15, 0.2) is 0 Å². The molecular weight excluding hydrogens is 460 g/mol. The van der Waals surface area contributed by atoms with Crippen LogP contribution in [-0.4, -0.2) is 12.6 Å². The van der Waals surface area contributed by atoms with E-state index in [0.717, 1.165) is 31.2 Å². The molecule has 0 radical (unpaired) electrons. The fourth-order valence-corrected chi connectivity index (χ4v) is 5.62. The first-order valence-electron chi connectivity index (χ1n) is 14.2. The van der Waals surface area contributed by atoms with Crippen LogP contribution >= 0.6 is 24.2 Å². The summed E-state index contributed by atoms with van der Waals surface area (Å²) >= 11 is 11.4. The summed E-state index contributed by atoms with van der Waals surface area (Å²) in [5, 5.41) is 0.647. The van der Waals surface area contributed by atoms with E-state index < -0.39 is 0 Å². The average Bonchev–Trinajstić information content (AvgIpc) is 2.82. The quantitative estimate of drug-likeness (QED) is 0.101. The number of carbonyl (C=O) groups excluding carboxylic acids is 1. The highest BCUT2D eigenvalue weighted by atomic mass is 35.5. The monoisotopic (exact) mass is 510 g/mol. The van der Waals surface area contributed by atoms with E-state index in [9.17, 15) is 4.79 Å². The molecule has 0 saturated heterocycles. The van der Waals surface area contributed by atoms with Crippen molar-refractivity contribution in [2.45, 2.75) is 141 Å². The molecule has 0 aliphatic rings. The van der Waals surface area contributed by atoms with Crippen molar-refractivity contribution in [1.29, 1.82) is 0 Å². The molecule has 1 atom stereocenters. The summed E-state index contributed by atoms with van der Waals surface area (Å²) in [7, 11) is 0. The minimum absolute atomic E-state index is 0.278. The highest BCUT2D eigenvalue weighted by Crippen LogP contribution is 2.41. The number of halogens is 1. The van der Waals surface area contributed by atoms with Crippen LogP contribution in [0.15, 0.2) is 18.2 Å². The molecule has 4 heteroatoms. The smallest absolute Gasteiger partial charge is 0.338 e. The van der Waals surface area contributed by atoms with Gasteiger partial charge in [-0.3, -0.25) is 0 Å². The zero-order valence-electron chi connectivity index (χ0n) is 22.3. The molecule has 0 aliphatic heterocycles. The minimum Gasteiger partial charge on any atom is -0.462 e. The van der Waals surface area contributed by atoms with Gasteiger partial charge in [0.2, 0.25) is 0 Å². The lowest BCUT2D eigenvalue weighted by Gasteiger charge is -2.31. The molecule has 34 heavy (non-hydrogen) atoms. The maximum Gasteiger partial charge on any atom is 0.338 e. The molecule has 2 nitrogen and oxygen atoms in total. The molecule has 1 aromatic carbocycles. The Morgan fingerprint density at radius 1 is 0.765 bits per heavy atom. The number of esters is 1. The van der Waals surface area contributed by atoms with E-state index in [1.165, 1.54) is 89.9 Å². The normalized spacial score (nSPS) is 13.1. The van der Waals surface area contributed by atoms with E-state index in [-0.39, 0.29) is 10.7 Å². The van der Waals surface area contributed by atoms with Gasteiger partial charge in [0.1, 0.15) is 0 Å². The third kappa shape index (κ3) is 12.9. The topological polar surface area (TPSA) is 26.3 Å². The fraction of sp³-hybridized carbons (Fsp3) is 0.767. The molecule has 1 unspecified atom stereocenters. The summed E-state index contributed by atoms with van der Waals surface area (Å²) < 4.78 is 4.95. The predicted molar refractivity (Wildman–Crippen MR) is 153 cm³/mol. The van der Waals surface area contributed by atoms with Gasteiger partial charge in [-0.15, -0.1) is 0 Å². The molecule has 196 valence electrons. The molecule has 0 N–H and O–H groups in total. The first kappa shape index (κ1) is 31.4. The Morgan fingerprint density at radius 3 is 1.74 bits per heavy atom. The van der Waals surface area contributed by atoms with Crippen molar-refractivity contribution in [3.8, 4) is 0 Å². The Morgan fingerprint density at radius 2 is 1.26 bits per heavy atom. The van der Waals surface area contributed by atoms with Gasteiger partial charge >= 0.3 is 5.97 Å². The van der Waals surface area contributed by atoms with Gasteiger partial charge < -0.3 is 4.74 Å². The van der Waals surface area contributed by atoms with Gasteiger partial charge in [0.25, 0.3) is 0 Å². The van der Waals surface area contributed by atoms with E-state index in [1.807, 2.05) is 13.0 Å². The van der Waals surface area contributed by atoms with E-state index >= 15 is 0 Å². The highest BCUT2D eigenvalue weighted by molar-refractivity contribution is 7.81. The molecule has 0 bridgehead atoms. The molecule has 0 saturated carbocycles. The van der Waals surface area contributed by atoms with Gasteiger partial charge in [0, 0.05) is 9.77 Å². The summed E-state index contributed by atoms with van der Waals surface area (Å²) in [5.74, 6) is -0.278. The Hall–Kier alpha value is -0.670. The van der Waals surface area contributed by atoms with E-state index in [2.05, 4.69) is 13.8 Å². The summed E-state index contributed by atoms with van der Waals surface area (Å²) in [6, 6.07) is 5.48. The Labute approximate surface area is 221 Å². The van der Waals surface area contributed by atoms with Crippen LogP contribution in [0.1, 0.15) is 152 Å². The van der Waals surface area contributed by atoms with Crippen molar-refractivity contribution in [3.63, 3.8) is 0 Å².